The summed E-state index contributed by atoms with van der Waals surface area (Å²) in [5.41, 5.74) is 0.953. The minimum atomic E-state index is -3.95. The molecule has 0 unspecified atom stereocenters. The monoisotopic (exact) mass is 532 g/mol. The number of carbonyl (C=O) groups is 1. The highest BCUT2D eigenvalue weighted by molar-refractivity contribution is 7.89. The molecular formula is C23H24N4O7S2. The molecule has 3 aromatic carbocycles. The highest BCUT2D eigenvalue weighted by Crippen LogP contribution is 2.20. The van der Waals surface area contributed by atoms with Gasteiger partial charge >= 0.3 is 0 Å². The SMILES string of the molecule is CN(Cc1ccccc1)S(=O)(=O)c1ccc(NC(=O)CCNS(=O)(=O)c2ccc([N+](=O)[O-])cc2)cc1. The van der Waals surface area contributed by atoms with Crippen LogP contribution >= 0.6 is 0 Å². The van der Waals surface area contributed by atoms with Crippen molar-refractivity contribution in [1.29, 1.82) is 0 Å². The van der Waals surface area contributed by atoms with E-state index in [2.05, 4.69) is 10.0 Å². The number of carbonyl (C=O) groups excluding carboxylic acids is 1. The lowest BCUT2D eigenvalue weighted by Gasteiger charge is -2.17. The lowest BCUT2D eigenvalue weighted by atomic mass is 10.2. The Bertz CT molecular complexity index is 1430. The molecule has 0 heterocycles. The van der Waals surface area contributed by atoms with E-state index in [1.54, 1.807) is 0 Å². The van der Waals surface area contributed by atoms with Gasteiger partial charge in [0.25, 0.3) is 5.69 Å². The molecule has 0 aliphatic heterocycles. The number of hydrogen-bond acceptors (Lipinski definition) is 7. The van der Waals surface area contributed by atoms with Crippen molar-refractivity contribution < 1.29 is 26.6 Å². The van der Waals surface area contributed by atoms with Crippen LogP contribution in [0.15, 0.2) is 88.7 Å². The minimum Gasteiger partial charge on any atom is -0.326 e. The van der Waals surface area contributed by atoms with E-state index in [9.17, 15) is 31.7 Å². The van der Waals surface area contributed by atoms with Crippen LogP contribution in [0, 0.1) is 10.1 Å². The summed E-state index contributed by atoms with van der Waals surface area (Å²) in [5, 5.41) is 13.3. The van der Waals surface area contributed by atoms with Gasteiger partial charge in [0.2, 0.25) is 26.0 Å². The molecule has 0 aliphatic rings. The van der Waals surface area contributed by atoms with Gasteiger partial charge in [-0.2, -0.15) is 4.31 Å². The lowest BCUT2D eigenvalue weighted by molar-refractivity contribution is -0.384. The van der Waals surface area contributed by atoms with E-state index < -0.39 is 30.9 Å². The number of amides is 1. The van der Waals surface area contributed by atoms with E-state index in [0.29, 0.717) is 5.69 Å². The Labute approximate surface area is 209 Å². The summed E-state index contributed by atoms with van der Waals surface area (Å²) in [6, 6.07) is 19.2. The molecule has 0 atom stereocenters. The first kappa shape index (κ1) is 26.9. The number of nitro benzene ring substituents is 1. The Kier molecular flexibility index (Phi) is 8.53. The summed E-state index contributed by atoms with van der Waals surface area (Å²) >= 11 is 0. The average molecular weight is 533 g/mol. The van der Waals surface area contributed by atoms with E-state index >= 15 is 0 Å². The molecule has 0 saturated carbocycles. The molecule has 0 bridgehead atoms. The quantitative estimate of drug-likeness (QED) is 0.284. The zero-order valence-electron chi connectivity index (χ0n) is 19.2. The molecule has 0 spiro atoms. The fraction of sp³-hybridized carbons (Fsp3) is 0.174. The fourth-order valence-electron chi connectivity index (χ4n) is 3.17. The number of nitrogens with zero attached hydrogens (tertiary/aromatic N) is 2. The molecule has 2 N–H and O–H groups in total. The zero-order chi connectivity index (χ0) is 26.3. The van der Waals surface area contributed by atoms with Gasteiger partial charge in [-0.15, -0.1) is 0 Å². The third kappa shape index (κ3) is 6.95. The van der Waals surface area contributed by atoms with Gasteiger partial charge in [-0.25, -0.2) is 21.6 Å². The third-order valence-corrected chi connectivity index (χ3v) is 8.39. The second-order valence-corrected chi connectivity index (χ2v) is 11.5. The van der Waals surface area contributed by atoms with Crippen LogP contribution in [0.4, 0.5) is 11.4 Å². The first-order valence-corrected chi connectivity index (χ1v) is 13.6. The predicted molar refractivity (Wildman–Crippen MR) is 133 cm³/mol. The summed E-state index contributed by atoms with van der Waals surface area (Å²) in [5.74, 6) is -0.488. The number of hydrogen-bond donors (Lipinski definition) is 2. The van der Waals surface area contributed by atoms with Crippen LogP contribution in [0.1, 0.15) is 12.0 Å². The summed E-state index contributed by atoms with van der Waals surface area (Å²) < 4.78 is 53.7. The van der Waals surface area contributed by atoms with Crippen molar-refractivity contribution in [2.45, 2.75) is 22.8 Å². The minimum absolute atomic E-state index is 0.0646. The number of anilines is 1. The number of sulfonamides is 2. The van der Waals surface area contributed by atoms with Crippen LogP contribution in [0.2, 0.25) is 0 Å². The highest BCUT2D eigenvalue weighted by atomic mass is 32.2. The Morgan fingerprint density at radius 1 is 0.889 bits per heavy atom. The van der Waals surface area contributed by atoms with Gasteiger partial charge in [-0.3, -0.25) is 14.9 Å². The van der Waals surface area contributed by atoms with Crippen LogP contribution in [0.5, 0.6) is 0 Å². The van der Waals surface area contributed by atoms with Crippen molar-refractivity contribution in [2.75, 3.05) is 18.9 Å². The number of nitro groups is 1. The zero-order valence-corrected chi connectivity index (χ0v) is 20.8. The molecule has 13 heteroatoms. The van der Waals surface area contributed by atoms with Gasteiger partial charge in [0, 0.05) is 44.4 Å². The Morgan fingerprint density at radius 3 is 2.06 bits per heavy atom. The number of rotatable bonds is 11. The molecule has 0 radical (unpaired) electrons. The van der Waals surface area contributed by atoms with Crippen LogP contribution in [0.3, 0.4) is 0 Å². The number of benzene rings is 3. The van der Waals surface area contributed by atoms with E-state index in [1.807, 2.05) is 30.3 Å². The predicted octanol–water partition coefficient (Wildman–Crippen LogP) is 2.72. The Balaban J connectivity index is 1.53. The molecule has 3 rings (SSSR count). The van der Waals surface area contributed by atoms with Crippen molar-refractivity contribution in [3.63, 3.8) is 0 Å². The molecule has 0 aromatic heterocycles. The van der Waals surface area contributed by atoms with Crippen molar-refractivity contribution in [3.05, 3.63) is 94.5 Å². The van der Waals surface area contributed by atoms with Gasteiger partial charge in [0.05, 0.1) is 14.7 Å². The number of nitrogens with one attached hydrogen (secondary N) is 2. The van der Waals surface area contributed by atoms with Crippen LogP contribution in [-0.4, -0.2) is 45.6 Å². The summed E-state index contributed by atoms with van der Waals surface area (Å²) in [6.07, 6.45) is -0.188. The van der Waals surface area contributed by atoms with Gasteiger partial charge in [-0.05, 0) is 42.0 Å². The highest BCUT2D eigenvalue weighted by Gasteiger charge is 2.21. The van der Waals surface area contributed by atoms with Gasteiger partial charge in [0.15, 0.2) is 0 Å². The standard InChI is InChI=1S/C23H24N4O7S2/c1-26(17-18-5-3-2-4-6-18)36(33,34)22-11-7-19(8-12-22)25-23(28)15-16-24-35(31,32)21-13-9-20(10-14-21)27(29)30/h2-14,24H,15-17H2,1H3,(H,25,28). The fourth-order valence-corrected chi connectivity index (χ4v) is 5.36. The van der Waals surface area contributed by atoms with E-state index in [-0.39, 0.29) is 35.0 Å². The second kappa shape index (κ2) is 11.4. The smallest absolute Gasteiger partial charge is 0.269 e. The van der Waals surface area contributed by atoms with Gasteiger partial charge in [0.1, 0.15) is 0 Å². The van der Waals surface area contributed by atoms with E-state index in [0.717, 1.165) is 29.8 Å². The molecule has 1 amide bonds. The molecule has 0 aliphatic carbocycles. The summed E-state index contributed by atoms with van der Waals surface area (Å²) in [4.78, 5) is 22.1. The van der Waals surface area contributed by atoms with Gasteiger partial charge in [-0.1, -0.05) is 30.3 Å². The van der Waals surface area contributed by atoms with Crippen LogP contribution < -0.4 is 10.0 Å². The lowest BCUT2D eigenvalue weighted by Crippen LogP contribution is -2.28. The van der Waals surface area contributed by atoms with E-state index in [1.165, 1.54) is 35.6 Å². The topological polar surface area (TPSA) is 156 Å². The first-order chi connectivity index (χ1) is 17.0. The van der Waals surface area contributed by atoms with Crippen molar-refractivity contribution in [1.82, 2.24) is 9.03 Å². The molecular weight excluding hydrogens is 508 g/mol. The maximum Gasteiger partial charge on any atom is 0.269 e. The Hall–Kier alpha value is -3.65. The molecule has 11 nitrogen and oxygen atoms in total. The third-order valence-electron chi connectivity index (χ3n) is 5.10. The second-order valence-electron chi connectivity index (χ2n) is 7.72. The van der Waals surface area contributed by atoms with Crippen molar-refractivity contribution >= 4 is 37.3 Å². The maximum absolute atomic E-state index is 12.8. The normalized spacial score (nSPS) is 11.8. The largest absolute Gasteiger partial charge is 0.326 e. The van der Waals surface area contributed by atoms with Crippen LogP contribution in [-0.2, 0) is 31.4 Å². The molecule has 0 saturated heterocycles. The average Bonchev–Trinajstić information content (AvgIpc) is 2.85. The number of non-ortho nitro benzene ring substituents is 1. The van der Waals surface area contributed by atoms with Gasteiger partial charge < -0.3 is 5.32 Å². The van der Waals surface area contributed by atoms with E-state index in [4.69, 9.17) is 0 Å². The summed E-state index contributed by atoms with van der Waals surface area (Å²) in [7, 11) is -6.21. The maximum atomic E-state index is 12.8. The van der Waals surface area contributed by atoms with Crippen molar-refractivity contribution in [3.8, 4) is 0 Å². The summed E-state index contributed by atoms with van der Waals surface area (Å²) in [6.45, 7) is -0.000655. The Morgan fingerprint density at radius 2 is 1.47 bits per heavy atom. The molecule has 3 aromatic rings. The first-order valence-electron chi connectivity index (χ1n) is 10.6. The van der Waals surface area contributed by atoms with Crippen molar-refractivity contribution in [2.24, 2.45) is 0 Å². The molecule has 36 heavy (non-hydrogen) atoms. The van der Waals surface area contributed by atoms with Crippen LogP contribution in [0.25, 0.3) is 0 Å². The molecule has 0 fully saturated rings. The molecule has 190 valence electrons.